The number of halogens is 1. The second kappa shape index (κ2) is 12.1. The Hall–Kier alpha value is -4.24. The molecule has 0 unspecified atom stereocenters. The molecule has 2 amide bonds. The van der Waals surface area contributed by atoms with Crippen LogP contribution in [0.4, 0.5) is 20.6 Å². The number of carbonyl (C=O) groups excluding carboxylic acids is 2. The molecule has 9 heteroatoms. The Morgan fingerprint density at radius 1 is 0.949 bits per heavy atom. The van der Waals surface area contributed by atoms with Gasteiger partial charge < -0.3 is 19.6 Å². The zero-order valence-electron chi connectivity index (χ0n) is 22.1. The van der Waals surface area contributed by atoms with Crippen LogP contribution in [-0.2, 0) is 16.0 Å². The van der Waals surface area contributed by atoms with Gasteiger partial charge in [0.25, 0.3) is 0 Å². The lowest BCUT2D eigenvalue weighted by atomic mass is 9.99. The summed E-state index contributed by atoms with van der Waals surface area (Å²) in [6.45, 7) is 1.91. The number of carboxylic acids is 1. The number of hydrogen-bond acceptors (Lipinski definition) is 4. The van der Waals surface area contributed by atoms with Crippen molar-refractivity contribution in [3.05, 3.63) is 83.7 Å². The summed E-state index contributed by atoms with van der Waals surface area (Å²) in [6.07, 6.45) is 1.49. The molecular weight excluding hydrogens is 501 g/mol. The number of carbonyl (C=O) groups is 3. The molecule has 3 aromatic carbocycles. The van der Waals surface area contributed by atoms with E-state index < -0.39 is 23.8 Å². The number of aryl methyl sites for hydroxylation is 1. The van der Waals surface area contributed by atoms with Gasteiger partial charge in [0.05, 0.1) is 44.1 Å². The van der Waals surface area contributed by atoms with E-state index >= 15 is 0 Å². The summed E-state index contributed by atoms with van der Waals surface area (Å²) in [7, 11) is 4.34. The lowest BCUT2D eigenvalue weighted by molar-refractivity contribution is -0.896. The summed E-state index contributed by atoms with van der Waals surface area (Å²) in [5, 5.41) is 14.4. The van der Waals surface area contributed by atoms with Gasteiger partial charge in [0.2, 0.25) is 5.91 Å². The molecule has 8 nitrogen and oxygen atoms in total. The number of likely N-dealkylation sites (tertiary alicyclic amines) is 1. The first-order chi connectivity index (χ1) is 18.6. The van der Waals surface area contributed by atoms with Gasteiger partial charge in [-0.1, -0.05) is 36.4 Å². The fourth-order valence-corrected chi connectivity index (χ4v) is 4.58. The number of quaternary nitrogens is 1. The molecule has 1 aliphatic heterocycles. The highest BCUT2D eigenvalue weighted by atomic mass is 19.1. The molecule has 1 heterocycles. The van der Waals surface area contributed by atoms with Gasteiger partial charge in [0.15, 0.2) is 0 Å². The number of piperidine rings is 1. The van der Waals surface area contributed by atoms with E-state index in [-0.39, 0.29) is 23.8 Å². The predicted molar refractivity (Wildman–Crippen MR) is 147 cm³/mol. The van der Waals surface area contributed by atoms with Crippen molar-refractivity contribution in [1.82, 2.24) is 0 Å². The van der Waals surface area contributed by atoms with Gasteiger partial charge >= 0.3 is 12.1 Å². The molecule has 3 N–H and O–H groups in total. The Balaban J connectivity index is 1.42. The number of nitrogens with zero attached hydrogens (tertiary/aromatic N) is 1. The standard InChI is InChI=1S/C30H32FN3O5/c1-34(2)16-14-23(15-17-34)39-30(38)33-26-11-8-20(18-24(26)21-6-4-3-5-7-21)9-13-28(35)32-27-12-10-22(29(36)37)19-25(27)31/h3-8,10-12,18-19,23H,9,13-17H2,1-2H3,(H2-,32,33,35,36,37,38)/p+1. The number of benzene rings is 3. The molecule has 1 fully saturated rings. The fraction of sp³-hybridized carbons (Fsp3) is 0.300. The predicted octanol–water partition coefficient (Wildman–Crippen LogP) is 5.55. The number of hydrogen-bond donors (Lipinski definition) is 3. The molecule has 0 radical (unpaired) electrons. The Labute approximate surface area is 227 Å². The molecule has 0 atom stereocenters. The minimum absolute atomic E-state index is 0.0755. The van der Waals surface area contributed by atoms with Crippen LogP contribution in [-0.4, -0.2) is 60.8 Å². The Morgan fingerprint density at radius 2 is 1.64 bits per heavy atom. The van der Waals surface area contributed by atoms with Crippen LogP contribution in [0, 0.1) is 5.82 Å². The van der Waals surface area contributed by atoms with Gasteiger partial charge in [0.1, 0.15) is 11.9 Å². The normalized spacial score (nSPS) is 14.8. The van der Waals surface area contributed by atoms with Crippen molar-refractivity contribution in [2.45, 2.75) is 31.8 Å². The van der Waals surface area contributed by atoms with E-state index in [9.17, 15) is 18.8 Å². The van der Waals surface area contributed by atoms with Crippen LogP contribution in [0.3, 0.4) is 0 Å². The molecule has 0 spiro atoms. The lowest BCUT2D eigenvalue weighted by Gasteiger charge is -2.36. The van der Waals surface area contributed by atoms with Crippen molar-refractivity contribution in [2.24, 2.45) is 0 Å². The van der Waals surface area contributed by atoms with E-state index in [1.807, 2.05) is 42.5 Å². The number of rotatable bonds is 8. The molecule has 4 rings (SSSR count). The summed E-state index contributed by atoms with van der Waals surface area (Å²) in [5.74, 6) is -2.46. The van der Waals surface area contributed by atoms with Crippen LogP contribution in [0.25, 0.3) is 11.1 Å². The Morgan fingerprint density at radius 3 is 2.31 bits per heavy atom. The van der Waals surface area contributed by atoms with E-state index in [1.54, 1.807) is 6.07 Å². The summed E-state index contributed by atoms with van der Waals surface area (Å²) >= 11 is 0. The highest BCUT2D eigenvalue weighted by molar-refractivity contribution is 5.93. The lowest BCUT2D eigenvalue weighted by Crippen LogP contribution is -2.48. The first-order valence-electron chi connectivity index (χ1n) is 12.9. The van der Waals surface area contributed by atoms with Crippen molar-refractivity contribution in [2.75, 3.05) is 37.8 Å². The molecule has 204 valence electrons. The highest BCUT2D eigenvalue weighted by Crippen LogP contribution is 2.30. The number of anilines is 2. The van der Waals surface area contributed by atoms with Crippen molar-refractivity contribution in [3.63, 3.8) is 0 Å². The second-order valence-electron chi connectivity index (χ2n) is 10.4. The maximum Gasteiger partial charge on any atom is 0.411 e. The Bertz CT molecular complexity index is 1350. The van der Waals surface area contributed by atoms with Gasteiger partial charge in [0, 0.05) is 24.8 Å². The van der Waals surface area contributed by atoms with E-state index in [0.717, 1.165) is 53.2 Å². The summed E-state index contributed by atoms with van der Waals surface area (Å²) in [6, 6.07) is 18.5. The number of aromatic carboxylic acids is 1. The maximum atomic E-state index is 14.2. The topological polar surface area (TPSA) is 105 Å². The molecule has 1 aliphatic rings. The molecule has 1 saturated heterocycles. The number of nitrogens with one attached hydrogen (secondary N) is 2. The quantitative estimate of drug-likeness (QED) is 0.329. The average molecular weight is 535 g/mol. The molecule has 0 saturated carbocycles. The molecular formula is C30H33FN3O5+. The van der Waals surface area contributed by atoms with E-state index in [0.29, 0.717) is 12.1 Å². The van der Waals surface area contributed by atoms with E-state index in [1.165, 1.54) is 12.1 Å². The van der Waals surface area contributed by atoms with Gasteiger partial charge in [-0.3, -0.25) is 10.1 Å². The Kier molecular flexibility index (Phi) is 8.61. The first kappa shape index (κ1) is 27.8. The average Bonchev–Trinajstić information content (AvgIpc) is 2.91. The monoisotopic (exact) mass is 534 g/mol. The highest BCUT2D eigenvalue weighted by Gasteiger charge is 2.28. The summed E-state index contributed by atoms with van der Waals surface area (Å²) in [5.41, 5.74) is 2.88. The zero-order chi connectivity index (χ0) is 28.0. The summed E-state index contributed by atoms with van der Waals surface area (Å²) < 4.78 is 20.8. The van der Waals surface area contributed by atoms with E-state index in [2.05, 4.69) is 24.7 Å². The van der Waals surface area contributed by atoms with Gasteiger partial charge in [-0.2, -0.15) is 0 Å². The molecule has 3 aromatic rings. The number of amides is 2. The maximum absolute atomic E-state index is 14.2. The van der Waals surface area contributed by atoms with E-state index in [4.69, 9.17) is 9.84 Å². The van der Waals surface area contributed by atoms with Crippen molar-refractivity contribution < 1.29 is 33.1 Å². The van der Waals surface area contributed by atoms with Gasteiger partial charge in [-0.15, -0.1) is 0 Å². The van der Waals surface area contributed by atoms with Crippen LogP contribution >= 0.6 is 0 Å². The fourth-order valence-electron chi connectivity index (χ4n) is 4.58. The third-order valence-electron chi connectivity index (χ3n) is 6.92. The first-order valence-corrected chi connectivity index (χ1v) is 12.9. The minimum Gasteiger partial charge on any atom is -0.478 e. The van der Waals surface area contributed by atoms with Gasteiger partial charge in [-0.05, 0) is 47.9 Å². The van der Waals surface area contributed by atoms with Crippen LogP contribution < -0.4 is 10.6 Å². The zero-order valence-corrected chi connectivity index (χ0v) is 22.1. The van der Waals surface area contributed by atoms with Crippen LogP contribution in [0.2, 0.25) is 0 Å². The SMILES string of the molecule is C[N+]1(C)CCC(OC(=O)Nc2ccc(CCC(=O)Nc3ccc(C(=O)O)cc3F)cc2-c2ccccc2)CC1. The van der Waals surface area contributed by atoms with Crippen molar-refractivity contribution in [3.8, 4) is 11.1 Å². The third-order valence-corrected chi connectivity index (χ3v) is 6.92. The largest absolute Gasteiger partial charge is 0.478 e. The number of carboxylic acid groups (broad SMARTS) is 1. The number of ether oxygens (including phenoxy) is 1. The van der Waals surface area contributed by atoms with Crippen LogP contribution in [0.1, 0.15) is 35.2 Å². The van der Waals surface area contributed by atoms with Crippen LogP contribution in [0.15, 0.2) is 66.7 Å². The summed E-state index contributed by atoms with van der Waals surface area (Å²) in [4.78, 5) is 36.2. The smallest absolute Gasteiger partial charge is 0.411 e. The van der Waals surface area contributed by atoms with Crippen molar-refractivity contribution >= 4 is 29.3 Å². The molecule has 0 aliphatic carbocycles. The second-order valence-corrected chi connectivity index (χ2v) is 10.4. The molecule has 39 heavy (non-hydrogen) atoms. The molecule has 0 aromatic heterocycles. The minimum atomic E-state index is -1.25. The van der Waals surface area contributed by atoms with Crippen molar-refractivity contribution in [1.29, 1.82) is 0 Å². The third kappa shape index (κ3) is 7.64. The van der Waals surface area contributed by atoms with Crippen LogP contribution in [0.5, 0.6) is 0 Å². The van der Waals surface area contributed by atoms with Gasteiger partial charge in [-0.25, -0.2) is 14.0 Å². The molecule has 0 bridgehead atoms.